The van der Waals surface area contributed by atoms with E-state index in [4.69, 9.17) is 44.4 Å². The number of amides is 12. The van der Waals surface area contributed by atoms with Crippen LogP contribution < -0.4 is 70.8 Å². The van der Waals surface area contributed by atoms with Crippen molar-refractivity contribution in [2.24, 2.45) is 33.8 Å². The number of aliphatic hydroxyl groups excluding tert-OH is 1. The van der Waals surface area contributed by atoms with Crippen molar-refractivity contribution in [1.29, 1.82) is 0 Å². The van der Waals surface area contributed by atoms with Crippen LogP contribution in [0.4, 0.5) is 4.79 Å². The molecule has 0 saturated carbocycles. The van der Waals surface area contributed by atoms with Crippen LogP contribution in [-0.4, -0.2) is 178 Å². The minimum Gasteiger partial charge on any atom is -0.508 e. The molecular weight excluding hydrogens is 1250 g/mol. The SMILES string of the molecule is CC(=O)N[C@H](Cc1ccc2ccccc2c1)C(=O)N[C@H](Cc1ccc(Cl)cc1)C(=O)N[C@@H](CO)C(=O)N[C@@H](Cc1ccc(O)cc1)C(=O)N[C@H](CCCNC(N)=O)C(=O)N[C@@H](CC(C)C)C(=O)N[C@@H](CCCN=C(N)N)C(=O)N1CCC[C@H]1C(=O)N[C@H](C)C(N)=O.CC(=O)O. The second-order valence-electron chi connectivity index (χ2n) is 23.2. The highest BCUT2D eigenvalue weighted by Crippen LogP contribution is 2.22. The Kier molecular flexibility index (Phi) is 31.6. The molecule has 12 amide bonds. The number of aliphatic carboxylic acids is 1. The number of nitrogens with two attached hydrogens (primary N) is 4. The summed E-state index contributed by atoms with van der Waals surface area (Å²) in [6.07, 6.45) is 0.182. The molecule has 0 bridgehead atoms. The van der Waals surface area contributed by atoms with Crippen LogP contribution in [-0.2, 0) is 72.0 Å². The van der Waals surface area contributed by atoms with Crippen molar-refractivity contribution in [2.45, 2.75) is 153 Å². The Morgan fingerprint density at radius 3 is 1.61 bits per heavy atom. The Morgan fingerprint density at radius 2 is 1.06 bits per heavy atom. The smallest absolute Gasteiger partial charge is 0.312 e. The Bertz CT molecular complexity index is 3350. The highest BCUT2D eigenvalue weighted by molar-refractivity contribution is 6.30. The predicted molar refractivity (Wildman–Crippen MR) is 352 cm³/mol. The first kappa shape index (κ1) is 77.3. The number of carboxylic acids is 1. The summed E-state index contributed by atoms with van der Waals surface area (Å²) in [5, 5.41) is 53.9. The number of hydrogen-bond acceptors (Lipinski definition) is 15. The number of urea groups is 1. The number of aromatic hydroxyl groups is 1. The van der Waals surface area contributed by atoms with Crippen LogP contribution in [0.1, 0.15) is 96.3 Å². The fourth-order valence-corrected chi connectivity index (χ4v) is 10.3. The van der Waals surface area contributed by atoms with Crippen molar-refractivity contribution < 1.29 is 72.9 Å². The Labute approximate surface area is 554 Å². The lowest BCUT2D eigenvalue weighted by Gasteiger charge is -2.31. The third-order valence-electron chi connectivity index (χ3n) is 14.9. The molecule has 4 aromatic rings. The van der Waals surface area contributed by atoms with Crippen molar-refractivity contribution in [3.8, 4) is 5.75 Å². The highest BCUT2D eigenvalue weighted by atomic mass is 35.5. The zero-order valence-corrected chi connectivity index (χ0v) is 54.4. The number of carbonyl (C=O) groups is 12. The van der Waals surface area contributed by atoms with Gasteiger partial charge in [-0.3, -0.25) is 57.7 Å². The number of halogens is 1. The standard InChI is InChI=1S/C62H84ClN15O13.C2H4O2/c1-34(2)28-46(54(84)73-45(13-8-25-68-61(65)66)60(90)78-27-9-14-51(78)59(89)70-35(3)52(64)82)74-53(83)44(12-7-26-69-62(67)91)72-56(86)48(31-38-18-23-43(81)24-19-38)76-58(88)50(33-79)77-57(87)49(30-37-16-21-42(63)22-17-37)75-55(85)47(71-36(4)80)32-39-15-20-40-10-5-6-11-41(40)29-39;1-2(3)4/h5-6,10-11,15-24,29,34-35,44-51,79,81H,7-9,12-14,25-28,30-33H2,1-4H3,(H2,64,82)(H,70,89)(H,71,80)(H,72,86)(H,73,84)(H,74,83)(H,75,85)(H,76,88)(H,77,87)(H4,65,66,68)(H3,67,69,91);1H3,(H,3,4)/t35-,44-,45+,46+,47-,48+,49-,50+,51+;/m1./s1. The molecule has 0 radical (unpaired) electrons. The van der Waals surface area contributed by atoms with Gasteiger partial charge in [-0.05, 0) is 110 Å². The number of nitrogens with zero attached hydrogens (tertiary/aromatic N) is 2. The van der Waals surface area contributed by atoms with Crippen molar-refractivity contribution in [3.05, 3.63) is 113 Å². The zero-order chi connectivity index (χ0) is 70.5. The van der Waals surface area contributed by atoms with E-state index in [1.54, 1.807) is 38.1 Å². The number of likely N-dealkylation sites (tertiary alicyclic amines) is 1. The van der Waals surface area contributed by atoms with Crippen LogP contribution in [0.25, 0.3) is 10.8 Å². The molecular formula is C64H88ClN15O15. The van der Waals surface area contributed by atoms with Crippen LogP contribution >= 0.6 is 11.6 Å². The first-order valence-electron chi connectivity index (χ1n) is 30.8. The van der Waals surface area contributed by atoms with Crippen molar-refractivity contribution >= 4 is 99.4 Å². The Morgan fingerprint density at radius 1 is 0.589 bits per heavy atom. The topological polar surface area (TPSA) is 493 Å². The van der Waals surface area contributed by atoms with Gasteiger partial charge in [0.1, 0.15) is 60.1 Å². The number of carboxylic acid groups (broad SMARTS) is 1. The summed E-state index contributed by atoms with van der Waals surface area (Å²) in [5.41, 5.74) is 23.4. The molecule has 0 aromatic heterocycles. The van der Waals surface area contributed by atoms with Crippen LogP contribution in [0.5, 0.6) is 5.75 Å². The number of guanidine groups is 1. The fraction of sp³-hybridized carbons (Fsp3) is 0.453. The third kappa shape index (κ3) is 27.2. The molecule has 0 aliphatic carbocycles. The fourth-order valence-electron chi connectivity index (χ4n) is 10.2. The summed E-state index contributed by atoms with van der Waals surface area (Å²) < 4.78 is 0. The lowest BCUT2D eigenvalue weighted by molar-refractivity contribution is -0.142. The lowest BCUT2D eigenvalue weighted by atomic mass is 10.00. The lowest BCUT2D eigenvalue weighted by Crippen LogP contribution is -2.61. The molecule has 20 N–H and O–H groups in total. The van der Waals surface area contributed by atoms with E-state index in [1.807, 2.05) is 42.5 Å². The second-order valence-corrected chi connectivity index (χ2v) is 23.7. The molecule has 1 heterocycles. The summed E-state index contributed by atoms with van der Waals surface area (Å²) in [7, 11) is 0. The first-order valence-corrected chi connectivity index (χ1v) is 31.2. The number of primary amides is 2. The van der Waals surface area contributed by atoms with E-state index in [9.17, 15) is 63.0 Å². The summed E-state index contributed by atoms with van der Waals surface area (Å²) in [4.78, 5) is 165. The van der Waals surface area contributed by atoms with Gasteiger partial charge in [0.25, 0.3) is 5.97 Å². The molecule has 1 aliphatic heterocycles. The van der Waals surface area contributed by atoms with Gasteiger partial charge in [-0.1, -0.05) is 92.2 Å². The van der Waals surface area contributed by atoms with Crippen LogP contribution in [0, 0.1) is 5.92 Å². The number of phenolic OH excluding ortho intramolecular Hbond substituents is 1. The number of rotatable bonds is 34. The molecule has 95 heavy (non-hydrogen) atoms. The minimum atomic E-state index is -1.79. The molecule has 516 valence electrons. The van der Waals surface area contributed by atoms with E-state index in [1.165, 1.54) is 43.0 Å². The Hall–Kier alpha value is -10.1. The summed E-state index contributed by atoms with van der Waals surface area (Å²) in [6, 6.07) is 12.0. The molecule has 9 atom stereocenters. The number of aliphatic hydroxyl groups is 1. The molecule has 0 spiro atoms. The van der Waals surface area contributed by atoms with Gasteiger partial charge in [0.05, 0.1) is 6.61 Å². The van der Waals surface area contributed by atoms with Gasteiger partial charge in [0.2, 0.25) is 59.1 Å². The van der Waals surface area contributed by atoms with Gasteiger partial charge in [0.15, 0.2) is 5.96 Å². The van der Waals surface area contributed by atoms with Gasteiger partial charge in [0, 0.05) is 57.8 Å². The molecule has 1 saturated heterocycles. The third-order valence-corrected chi connectivity index (χ3v) is 15.1. The number of nitrogens with one attached hydrogen (secondary N) is 9. The summed E-state index contributed by atoms with van der Waals surface area (Å²) in [6.45, 7) is 6.34. The average molecular weight is 1340 g/mol. The maximum absolute atomic E-state index is 14.7. The largest absolute Gasteiger partial charge is 0.508 e. The number of phenols is 1. The van der Waals surface area contributed by atoms with Crippen LogP contribution in [0.15, 0.2) is 96.0 Å². The first-order chi connectivity index (χ1) is 44.9. The van der Waals surface area contributed by atoms with Crippen molar-refractivity contribution in [3.63, 3.8) is 0 Å². The molecule has 30 nitrogen and oxygen atoms in total. The number of benzene rings is 4. The van der Waals surface area contributed by atoms with Gasteiger partial charge in [-0.25, -0.2) is 4.79 Å². The Balaban J connectivity index is 0.00000466. The number of carbonyl (C=O) groups excluding carboxylic acids is 11. The maximum Gasteiger partial charge on any atom is 0.312 e. The van der Waals surface area contributed by atoms with Crippen LogP contribution in [0.2, 0.25) is 5.02 Å². The van der Waals surface area contributed by atoms with Crippen LogP contribution in [0.3, 0.4) is 0 Å². The molecule has 31 heteroatoms. The van der Waals surface area contributed by atoms with Gasteiger partial charge in [-0.15, -0.1) is 0 Å². The highest BCUT2D eigenvalue weighted by Gasteiger charge is 2.40. The molecule has 0 unspecified atom stereocenters. The normalized spacial score (nSPS) is 15.0. The predicted octanol–water partition coefficient (Wildman–Crippen LogP) is -0.747. The summed E-state index contributed by atoms with van der Waals surface area (Å²) >= 11 is 6.17. The van der Waals surface area contributed by atoms with E-state index in [0.29, 0.717) is 28.1 Å². The van der Waals surface area contributed by atoms with Gasteiger partial charge in [-0.2, -0.15) is 0 Å². The quantitative estimate of drug-likeness (QED) is 0.0155. The number of aliphatic imine (C=N–C) groups is 1. The van der Waals surface area contributed by atoms with E-state index in [2.05, 4.69) is 52.8 Å². The van der Waals surface area contributed by atoms with Gasteiger partial charge < -0.3 is 91.0 Å². The van der Waals surface area contributed by atoms with Crippen molar-refractivity contribution in [1.82, 2.24) is 52.8 Å². The monoisotopic (exact) mass is 1340 g/mol. The molecule has 1 aliphatic rings. The maximum atomic E-state index is 14.7. The van der Waals surface area contributed by atoms with E-state index >= 15 is 0 Å². The zero-order valence-electron chi connectivity index (χ0n) is 53.7. The molecule has 4 aromatic carbocycles. The molecule has 1 fully saturated rings. The van der Waals surface area contributed by atoms with Gasteiger partial charge >= 0.3 is 6.03 Å². The van der Waals surface area contributed by atoms with E-state index < -0.39 is 132 Å². The van der Waals surface area contributed by atoms with E-state index in [-0.39, 0.29) is 95.0 Å². The summed E-state index contributed by atoms with van der Waals surface area (Å²) in [5.74, 6) is -9.55. The molecule has 5 rings (SSSR count). The van der Waals surface area contributed by atoms with Crippen molar-refractivity contribution in [2.75, 3.05) is 26.2 Å². The average Bonchev–Trinajstić information content (AvgIpc) is 1.83. The van der Waals surface area contributed by atoms with E-state index in [0.717, 1.165) is 17.7 Å². The number of hydrogen-bond donors (Lipinski definition) is 16. The minimum absolute atomic E-state index is 0.00458. The number of fused-ring (bicyclic) bond motifs is 1. The second kappa shape index (κ2) is 38.8.